The van der Waals surface area contributed by atoms with Crippen LogP contribution in [0.15, 0.2) is 24.5 Å². The number of rotatable bonds is 4. The standard InChI is InChI=1S/C23H29ClN8O2/c1-30-8-10-31(11-9-30)15-3-5-16(6-4-15)32-22-19(21(25)26-13-27-22)20(29-32)14-2-7-18(17(24)12-14)28-23(33)34/h2,7,12-13,15-16,28H,3-6,8-11H2,1H3,(H,33,34)(H2,25,26,27). The minimum absolute atomic E-state index is 0.234. The van der Waals surface area contributed by atoms with Gasteiger partial charge in [0.1, 0.15) is 17.8 Å². The first kappa shape index (κ1) is 22.8. The first-order chi connectivity index (χ1) is 16.4. The number of amides is 1. The highest BCUT2D eigenvalue weighted by molar-refractivity contribution is 6.34. The number of aromatic nitrogens is 4. The summed E-state index contributed by atoms with van der Waals surface area (Å²) in [6.07, 6.45) is 4.62. The molecule has 3 heterocycles. The van der Waals surface area contributed by atoms with E-state index in [1.807, 2.05) is 4.68 Å². The molecular formula is C23H29ClN8O2. The largest absolute Gasteiger partial charge is 0.465 e. The number of nitrogens with two attached hydrogens (primary N) is 1. The second-order valence-corrected chi connectivity index (χ2v) is 9.58. The predicted molar refractivity (Wildman–Crippen MR) is 132 cm³/mol. The molecule has 10 nitrogen and oxygen atoms in total. The van der Waals surface area contributed by atoms with E-state index in [-0.39, 0.29) is 11.1 Å². The van der Waals surface area contributed by atoms with Crippen LogP contribution in [0, 0.1) is 0 Å². The molecule has 2 aromatic heterocycles. The fraction of sp³-hybridized carbons (Fsp3) is 0.478. The van der Waals surface area contributed by atoms with E-state index in [2.05, 4.69) is 32.1 Å². The van der Waals surface area contributed by atoms with Crippen molar-refractivity contribution < 1.29 is 9.90 Å². The molecule has 0 spiro atoms. The minimum atomic E-state index is -1.17. The first-order valence-corrected chi connectivity index (χ1v) is 12.0. The van der Waals surface area contributed by atoms with Crippen molar-refractivity contribution in [2.24, 2.45) is 0 Å². The van der Waals surface area contributed by atoms with Crippen LogP contribution < -0.4 is 11.1 Å². The zero-order chi connectivity index (χ0) is 23.8. The average Bonchev–Trinajstić information content (AvgIpc) is 3.22. The number of carbonyl (C=O) groups is 1. The summed E-state index contributed by atoms with van der Waals surface area (Å²) in [6.45, 7) is 4.54. The molecule has 180 valence electrons. The summed E-state index contributed by atoms with van der Waals surface area (Å²) in [5.74, 6) is 0.362. The maximum absolute atomic E-state index is 11.0. The van der Waals surface area contributed by atoms with Crippen molar-refractivity contribution in [3.8, 4) is 11.3 Å². The number of halogens is 1. The van der Waals surface area contributed by atoms with Crippen molar-refractivity contribution in [1.82, 2.24) is 29.5 Å². The van der Waals surface area contributed by atoms with Crippen molar-refractivity contribution in [1.29, 1.82) is 0 Å². The Hall–Kier alpha value is -2.95. The van der Waals surface area contributed by atoms with Crippen LogP contribution >= 0.6 is 11.6 Å². The van der Waals surface area contributed by atoms with Gasteiger partial charge < -0.3 is 15.7 Å². The molecule has 4 N–H and O–H groups in total. The third kappa shape index (κ3) is 4.40. The van der Waals surface area contributed by atoms with Crippen molar-refractivity contribution in [3.63, 3.8) is 0 Å². The summed E-state index contributed by atoms with van der Waals surface area (Å²) in [7, 11) is 2.19. The first-order valence-electron chi connectivity index (χ1n) is 11.6. The molecule has 0 radical (unpaired) electrons. The van der Waals surface area contributed by atoms with Gasteiger partial charge >= 0.3 is 6.09 Å². The van der Waals surface area contributed by atoms with Crippen LogP contribution in [0.2, 0.25) is 5.02 Å². The lowest BCUT2D eigenvalue weighted by atomic mass is 9.90. The van der Waals surface area contributed by atoms with Crippen LogP contribution in [-0.4, -0.2) is 80.0 Å². The summed E-state index contributed by atoms with van der Waals surface area (Å²) in [5.41, 5.74) is 8.68. The van der Waals surface area contributed by atoms with Crippen LogP contribution in [-0.2, 0) is 0 Å². The summed E-state index contributed by atoms with van der Waals surface area (Å²) >= 11 is 6.34. The molecule has 2 fully saturated rings. The highest BCUT2D eigenvalue weighted by atomic mass is 35.5. The van der Waals surface area contributed by atoms with E-state index < -0.39 is 6.09 Å². The van der Waals surface area contributed by atoms with Gasteiger partial charge in [-0.1, -0.05) is 17.7 Å². The normalized spacial score (nSPS) is 22.2. The van der Waals surface area contributed by atoms with Gasteiger partial charge in [-0.2, -0.15) is 5.10 Å². The Labute approximate surface area is 202 Å². The topological polar surface area (TPSA) is 125 Å². The molecule has 1 aliphatic heterocycles. The Kier molecular flexibility index (Phi) is 6.28. The summed E-state index contributed by atoms with van der Waals surface area (Å²) in [6, 6.07) is 5.95. The molecule has 0 unspecified atom stereocenters. The lowest BCUT2D eigenvalue weighted by molar-refractivity contribution is 0.0815. The summed E-state index contributed by atoms with van der Waals surface area (Å²) in [4.78, 5) is 24.7. The number of benzene rings is 1. The highest BCUT2D eigenvalue weighted by Gasteiger charge is 2.30. The third-order valence-electron chi connectivity index (χ3n) is 7.07. The van der Waals surface area contributed by atoms with Crippen LogP contribution in [0.1, 0.15) is 31.7 Å². The van der Waals surface area contributed by atoms with Gasteiger partial charge in [0.25, 0.3) is 0 Å². The van der Waals surface area contributed by atoms with Crippen LogP contribution in [0.4, 0.5) is 16.3 Å². The molecular weight excluding hydrogens is 456 g/mol. The van der Waals surface area contributed by atoms with Gasteiger partial charge in [0.05, 0.1) is 22.1 Å². The molecule has 1 saturated heterocycles. The third-order valence-corrected chi connectivity index (χ3v) is 7.38. The Morgan fingerprint density at radius 2 is 1.82 bits per heavy atom. The maximum Gasteiger partial charge on any atom is 0.409 e. The smallest absolute Gasteiger partial charge is 0.409 e. The number of hydrogen-bond donors (Lipinski definition) is 3. The number of likely N-dealkylation sites (N-methyl/N-ethyl adjacent to an activating group) is 1. The number of nitrogen functional groups attached to an aromatic ring is 1. The lowest BCUT2D eigenvalue weighted by Crippen LogP contribution is -2.49. The molecule has 34 heavy (non-hydrogen) atoms. The molecule has 11 heteroatoms. The number of nitrogens with one attached hydrogen (secondary N) is 1. The van der Waals surface area contributed by atoms with Crippen molar-refractivity contribution >= 4 is 40.2 Å². The second kappa shape index (κ2) is 9.36. The molecule has 0 bridgehead atoms. The van der Waals surface area contributed by atoms with Gasteiger partial charge in [-0.05, 0) is 44.9 Å². The molecule has 1 amide bonds. The predicted octanol–water partition coefficient (Wildman–Crippen LogP) is 3.55. The Morgan fingerprint density at radius 3 is 2.50 bits per heavy atom. The van der Waals surface area contributed by atoms with Crippen LogP contribution in [0.5, 0.6) is 0 Å². The van der Waals surface area contributed by atoms with Gasteiger partial charge in [-0.25, -0.2) is 19.4 Å². The zero-order valence-corrected chi connectivity index (χ0v) is 19.9. The van der Waals surface area contributed by atoms with E-state index in [1.54, 1.807) is 18.2 Å². The number of hydrogen-bond acceptors (Lipinski definition) is 7. The van der Waals surface area contributed by atoms with E-state index in [9.17, 15) is 4.79 Å². The monoisotopic (exact) mass is 484 g/mol. The number of anilines is 2. The van der Waals surface area contributed by atoms with Crippen molar-refractivity contribution in [3.05, 3.63) is 29.5 Å². The van der Waals surface area contributed by atoms with Crippen molar-refractivity contribution in [2.75, 3.05) is 44.3 Å². The number of fused-ring (bicyclic) bond motifs is 1. The van der Waals surface area contributed by atoms with Crippen LogP contribution in [0.25, 0.3) is 22.3 Å². The van der Waals surface area contributed by atoms with Gasteiger partial charge in [-0.3, -0.25) is 10.2 Å². The van der Waals surface area contributed by atoms with E-state index in [4.69, 9.17) is 27.5 Å². The molecule has 1 aliphatic carbocycles. The Balaban J connectivity index is 1.42. The van der Waals surface area contributed by atoms with E-state index in [0.29, 0.717) is 28.6 Å². The number of piperazine rings is 1. The van der Waals surface area contributed by atoms with E-state index >= 15 is 0 Å². The van der Waals surface area contributed by atoms with Crippen LogP contribution in [0.3, 0.4) is 0 Å². The van der Waals surface area contributed by atoms with Gasteiger partial charge in [0, 0.05) is 37.8 Å². The molecule has 1 aromatic carbocycles. The average molecular weight is 485 g/mol. The number of carboxylic acid groups (broad SMARTS) is 1. The fourth-order valence-electron chi connectivity index (χ4n) is 5.19. The highest BCUT2D eigenvalue weighted by Crippen LogP contribution is 2.38. The Bertz CT molecular complexity index is 1200. The quantitative estimate of drug-likeness (QED) is 0.513. The van der Waals surface area contributed by atoms with Gasteiger partial charge in [0.15, 0.2) is 5.65 Å². The molecule has 5 rings (SSSR count). The van der Waals surface area contributed by atoms with Crippen molar-refractivity contribution in [2.45, 2.75) is 37.8 Å². The SMILES string of the molecule is CN1CCN(C2CCC(n3nc(-c4ccc(NC(=O)O)c(Cl)c4)c4c(N)ncnc43)CC2)CC1. The maximum atomic E-state index is 11.0. The zero-order valence-electron chi connectivity index (χ0n) is 19.1. The second-order valence-electron chi connectivity index (χ2n) is 9.18. The summed E-state index contributed by atoms with van der Waals surface area (Å²) < 4.78 is 2.00. The lowest BCUT2D eigenvalue weighted by Gasteiger charge is -2.41. The van der Waals surface area contributed by atoms with Gasteiger partial charge in [-0.15, -0.1) is 0 Å². The number of nitrogens with zero attached hydrogens (tertiary/aromatic N) is 6. The van der Waals surface area contributed by atoms with E-state index in [0.717, 1.165) is 63.1 Å². The minimum Gasteiger partial charge on any atom is -0.465 e. The van der Waals surface area contributed by atoms with Gasteiger partial charge in [0.2, 0.25) is 0 Å². The molecule has 1 saturated carbocycles. The molecule has 2 aliphatic rings. The fourth-order valence-corrected chi connectivity index (χ4v) is 5.41. The van der Waals surface area contributed by atoms with E-state index in [1.165, 1.54) is 6.33 Å². The Morgan fingerprint density at radius 1 is 1.12 bits per heavy atom. The molecule has 0 atom stereocenters. The summed E-state index contributed by atoms with van der Waals surface area (Å²) in [5, 5.41) is 17.2. The molecule has 3 aromatic rings.